The van der Waals surface area contributed by atoms with Gasteiger partial charge in [0.25, 0.3) is 5.69 Å². The van der Waals surface area contributed by atoms with E-state index in [-0.39, 0.29) is 17.1 Å². The topological polar surface area (TPSA) is 102 Å². The number of hydrogen-bond donors (Lipinski definition) is 1. The van der Waals surface area contributed by atoms with Gasteiger partial charge < -0.3 is 10.5 Å². The Hall–Kier alpha value is -3.85. The Balaban J connectivity index is 2.00. The molecule has 6 nitrogen and oxygen atoms in total. The van der Waals surface area contributed by atoms with Crippen molar-refractivity contribution in [3.63, 3.8) is 0 Å². The van der Waals surface area contributed by atoms with Gasteiger partial charge in [0, 0.05) is 23.1 Å². The Labute approximate surface area is 148 Å². The quantitative estimate of drug-likeness (QED) is 0.560. The summed E-state index contributed by atoms with van der Waals surface area (Å²) in [7, 11) is 0. The van der Waals surface area contributed by atoms with E-state index >= 15 is 0 Å². The molecule has 0 saturated heterocycles. The number of hydrogen-bond acceptors (Lipinski definition) is 5. The zero-order valence-electron chi connectivity index (χ0n) is 13.5. The molecular weight excluding hydrogens is 330 g/mol. The first-order valence-electron chi connectivity index (χ1n) is 7.93. The van der Waals surface area contributed by atoms with E-state index in [1.165, 1.54) is 12.1 Å². The maximum atomic E-state index is 11.2. The summed E-state index contributed by atoms with van der Waals surface area (Å²) in [6.45, 7) is 0. The van der Waals surface area contributed by atoms with Gasteiger partial charge in [-0.05, 0) is 10.9 Å². The van der Waals surface area contributed by atoms with Crippen LogP contribution >= 0.6 is 0 Å². The number of fused-ring (bicyclic) bond motifs is 3. The molecule has 0 radical (unpaired) electrons. The molecule has 1 aliphatic heterocycles. The van der Waals surface area contributed by atoms with Gasteiger partial charge in [0.2, 0.25) is 5.88 Å². The van der Waals surface area contributed by atoms with Crippen molar-refractivity contribution in [1.29, 1.82) is 5.26 Å². The van der Waals surface area contributed by atoms with Crippen molar-refractivity contribution in [2.24, 2.45) is 5.73 Å². The minimum Gasteiger partial charge on any atom is -0.440 e. The second-order valence-corrected chi connectivity index (χ2v) is 5.98. The van der Waals surface area contributed by atoms with E-state index in [9.17, 15) is 15.4 Å². The van der Waals surface area contributed by atoms with Crippen LogP contribution in [0.1, 0.15) is 17.0 Å². The SMILES string of the molecule is N#CC1=C(N)Oc2c(ccc3ccccc23)[C@@H]1c1cccc([N+](=O)[O-])c1. The van der Waals surface area contributed by atoms with Gasteiger partial charge in [-0.15, -0.1) is 0 Å². The molecule has 3 aromatic carbocycles. The molecule has 0 amide bonds. The average molecular weight is 343 g/mol. The number of nitrogens with two attached hydrogens (primary N) is 1. The fourth-order valence-electron chi connectivity index (χ4n) is 3.35. The maximum Gasteiger partial charge on any atom is 0.269 e. The first-order valence-corrected chi connectivity index (χ1v) is 7.93. The molecule has 2 N–H and O–H groups in total. The smallest absolute Gasteiger partial charge is 0.269 e. The number of benzene rings is 3. The standard InChI is InChI=1S/C20H13N3O3/c21-11-17-18(13-5-3-6-14(10-13)23(24)25)16-9-8-12-4-1-2-7-15(12)19(16)26-20(17)22/h1-10,18H,22H2/t18-/m0/s1. The van der Waals surface area contributed by atoms with E-state index in [1.807, 2.05) is 36.4 Å². The second-order valence-electron chi connectivity index (χ2n) is 5.98. The fourth-order valence-corrected chi connectivity index (χ4v) is 3.35. The normalized spacial score (nSPS) is 15.9. The summed E-state index contributed by atoms with van der Waals surface area (Å²) in [6, 6.07) is 19.9. The summed E-state index contributed by atoms with van der Waals surface area (Å²) in [6.07, 6.45) is 0. The van der Waals surface area contributed by atoms with Crippen LogP contribution < -0.4 is 10.5 Å². The Kier molecular flexibility index (Phi) is 3.55. The lowest BCUT2D eigenvalue weighted by Gasteiger charge is -2.27. The Morgan fingerprint density at radius 1 is 1.12 bits per heavy atom. The molecule has 4 rings (SSSR count). The number of non-ortho nitro benzene ring substituents is 1. The van der Waals surface area contributed by atoms with Crippen molar-refractivity contribution in [2.45, 2.75) is 5.92 Å². The molecule has 6 heteroatoms. The largest absolute Gasteiger partial charge is 0.440 e. The summed E-state index contributed by atoms with van der Waals surface area (Å²) in [5.74, 6) is 0.0808. The summed E-state index contributed by atoms with van der Waals surface area (Å²) in [5, 5.41) is 22.6. The van der Waals surface area contributed by atoms with E-state index in [0.29, 0.717) is 11.3 Å². The molecule has 3 aromatic rings. The van der Waals surface area contributed by atoms with E-state index in [1.54, 1.807) is 12.1 Å². The van der Waals surface area contributed by atoms with Crippen LogP contribution in [0.2, 0.25) is 0 Å². The maximum absolute atomic E-state index is 11.2. The third kappa shape index (κ3) is 2.34. The Bertz CT molecular complexity index is 1130. The van der Waals surface area contributed by atoms with Crippen LogP contribution in [0.5, 0.6) is 5.75 Å². The average Bonchev–Trinajstić information content (AvgIpc) is 2.67. The number of rotatable bonds is 2. The fraction of sp³-hybridized carbons (Fsp3) is 0.0500. The van der Waals surface area contributed by atoms with Gasteiger partial charge in [-0.3, -0.25) is 10.1 Å². The lowest BCUT2D eigenvalue weighted by atomic mass is 9.82. The minimum atomic E-state index is -0.520. The molecule has 0 bridgehead atoms. The molecule has 0 fully saturated rings. The van der Waals surface area contributed by atoms with E-state index in [4.69, 9.17) is 10.5 Å². The summed E-state index contributed by atoms with van der Waals surface area (Å²) in [4.78, 5) is 10.7. The van der Waals surface area contributed by atoms with Crippen LogP contribution in [0.15, 0.2) is 72.1 Å². The highest BCUT2D eigenvalue weighted by Crippen LogP contribution is 2.45. The van der Waals surface area contributed by atoms with Crippen LogP contribution in [-0.4, -0.2) is 4.92 Å². The van der Waals surface area contributed by atoms with Crippen LogP contribution in [0.4, 0.5) is 5.69 Å². The predicted molar refractivity (Wildman–Crippen MR) is 96.3 cm³/mol. The van der Waals surface area contributed by atoms with E-state index in [0.717, 1.165) is 16.3 Å². The van der Waals surface area contributed by atoms with Gasteiger partial charge >= 0.3 is 0 Å². The number of nitriles is 1. The van der Waals surface area contributed by atoms with Gasteiger partial charge in [0.05, 0.1) is 10.8 Å². The van der Waals surface area contributed by atoms with Crippen LogP contribution in [0.3, 0.4) is 0 Å². The zero-order valence-corrected chi connectivity index (χ0v) is 13.5. The van der Waals surface area contributed by atoms with Gasteiger partial charge in [0.15, 0.2) is 0 Å². The van der Waals surface area contributed by atoms with Gasteiger partial charge in [-0.25, -0.2) is 0 Å². The number of nitro benzene ring substituents is 1. The van der Waals surface area contributed by atoms with Crippen molar-refractivity contribution in [2.75, 3.05) is 0 Å². The molecule has 0 aromatic heterocycles. The molecule has 0 spiro atoms. The lowest BCUT2D eigenvalue weighted by molar-refractivity contribution is -0.384. The number of ether oxygens (including phenoxy) is 1. The predicted octanol–water partition coefficient (Wildman–Crippen LogP) is 3.97. The van der Waals surface area contributed by atoms with Crippen molar-refractivity contribution >= 4 is 16.5 Å². The van der Waals surface area contributed by atoms with Gasteiger partial charge in [-0.2, -0.15) is 5.26 Å². The van der Waals surface area contributed by atoms with Crippen molar-refractivity contribution < 1.29 is 9.66 Å². The first kappa shape index (κ1) is 15.7. The number of allylic oxidation sites excluding steroid dienone is 1. The first-order chi connectivity index (χ1) is 12.6. The Morgan fingerprint density at radius 2 is 1.92 bits per heavy atom. The molecule has 0 aliphatic carbocycles. The van der Waals surface area contributed by atoms with Crippen molar-refractivity contribution in [1.82, 2.24) is 0 Å². The highest BCUT2D eigenvalue weighted by molar-refractivity contribution is 5.90. The molecule has 126 valence electrons. The summed E-state index contributed by atoms with van der Waals surface area (Å²) in [5.41, 5.74) is 7.61. The molecule has 1 aliphatic rings. The number of nitro groups is 1. The summed E-state index contributed by atoms with van der Waals surface area (Å²) < 4.78 is 5.78. The lowest BCUT2D eigenvalue weighted by Crippen LogP contribution is -2.21. The third-order valence-electron chi connectivity index (χ3n) is 4.52. The van der Waals surface area contributed by atoms with Gasteiger partial charge in [0.1, 0.15) is 17.4 Å². The van der Waals surface area contributed by atoms with Crippen LogP contribution in [0, 0.1) is 21.4 Å². The molecule has 0 saturated carbocycles. The molecule has 26 heavy (non-hydrogen) atoms. The minimum absolute atomic E-state index is 0.0212. The van der Waals surface area contributed by atoms with Crippen molar-refractivity contribution in [3.8, 4) is 11.8 Å². The monoisotopic (exact) mass is 343 g/mol. The van der Waals surface area contributed by atoms with Crippen LogP contribution in [-0.2, 0) is 0 Å². The van der Waals surface area contributed by atoms with E-state index < -0.39 is 10.8 Å². The molecule has 1 heterocycles. The van der Waals surface area contributed by atoms with E-state index in [2.05, 4.69) is 6.07 Å². The highest BCUT2D eigenvalue weighted by atomic mass is 16.6. The zero-order chi connectivity index (χ0) is 18.3. The van der Waals surface area contributed by atoms with Gasteiger partial charge in [-0.1, -0.05) is 48.5 Å². The summed E-state index contributed by atoms with van der Waals surface area (Å²) >= 11 is 0. The number of nitrogens with zero attached hydrogens (tertiary/aromatic N) is 2. The van der Waals surface area contributed by atoms with Crippen LogP contribution in [0.25, 0.3) is 10.8 Å². The highest BCUT2D eigenvalue weighted by Gasteiger charge is 2.32. The van der Waals surface area contributed by atoms with Crippen molar-refractivity contribution in [3.05, 3.63) is 93.4 Å². The third-order valence-corrected chi connectivity index (χ3v) is 4.52. The Morgan fingerprint density at radius 3 is 2.69 bits per heavy atom. The second kappa shape index (κ2) is 5.90. The molecule has 1 atom stereocenters. The molecular formula is C20H13N3O3. The molecule has 0 unspecified atom stereocenters.